The maximum absolute atomic E-state index is 13.0. The Labute approximate surface area is 161 Å². The van der Waals surface area contributed by atoms with E-state index < -0.39 is 5.56 Å². The Morgan fingerprint density at radius 2 is 2.14 bits per heavy atom. The van der Waals surface area contributed by atoms with Crippen LogP contribution in [0.5, 0.6) is 11.5 Å². The van der Waals surface area contributed by atoms with Crippen LogP contribution in [0.25, 0.3) is 0 Å². The summed E-state index contributed by atoms with van der Waals surface area (Å²) in [7, 11) is 0. The zero-order valence-electron chi connectivity index (χ0n) is 15.4. The van der Waals surface area contributed by atoms with Crippen LogP contribution in [-0.4, -0.2) is 41.7 Å². The number of aryl methyl sites for hydroxylation is 1. The van der Waals surface area contributed by atoms with E-state index in [1.165, 1.54) is 6.07 Å². The van der Waals surface area contributed by atoms with E-state index in [1.54, 1.807) is 11.8 Å². The van der Waals surface area contributed by atoms with Gasteiger partial charge in [-0.05, 0) is 38.0 Å². The van der Waals surface area contributed by atoms with Crippen LogP contribution in [0.15, 0.2) is 29.1 Å². The minimum atomic E-state index is -0.474. The number of fused-ring (bicyclic) bond motifs is 1. The highest BCUT2D eigenvalue weighted by molar-refractivity contribution is 5.95. The molecule has 8 heteroatoms. The number of anilines is 1. The van der Waals surface area contributed by atoms with E-state index in [0.29, 0.717) is 30.1 Å². The van der Waals surface area contributed by atoms with Gasteiger partial charge in [-0.1, -0.05) is 0 Å². The number of hydrogen-bond acceptors (Lipinski definition) is 6. The standard InChI is InChI=1S/C20H20N4O4/c1-12-16(7-13(9-21)19(25)22-12)20(26)24-6-2-3-15(10-24)23-14-4-5-17-18(8-14)28-11-27-17/h4-5,7-8,15,23H,2-3,6,10-11H2,1H3,(H,22,25)/t15-/m1/s1. The first kappa shape index (κ1) is 17.9. The number of ether oxygens (including phenoxy) is 2. The maximum atomic E-state index is 13.0. The van der Waals surface area contributed by atoms with Crippen LogP contribution in [0.1, 0.15) is 34.5 Å². The van der Waals surface area contributed by atoms with Crippen molar-refractivity contribution in [1.29, 1.82) is 5.26 Å². The number of carbonyl (C=O) groups excluding carboxylic acids is 1. The Balaban J connectivity index is 1.49. The number of aromatic amines is 1. The molecule has 2 aliphatic rings. The number of amides is 1. The summed E-state index contributed by atoms with van der Waals surface area (Å²) in [6, 6.07) is 9.00. The summed E-state index contributed by atoms with van der Waals surface area (Å²) >= 11 is 0. The fourth-order valence-corrected chi connectivity index (χ4v) is 3.60. The number of nitrogens with zero attached hydrogens (tertiary/aromatic N) is 2. The lowest BCUT2D eigenvalue weighted by molar-refractivity contribution is 0.0713. The molecule has 0 radical (unpaired) electrons. The van der Waals surface area contributed by atoms with E-state index in [-0.39, 0.29) is 24.3 Å². The molecule has 1 aromatic heterocycles. The number of carbonyl (C=O) groups is 1. The number of pyridine rings is 1. The first-order valence-corrected chi connectivity index (χ1v) is 9.14. The first-order valence-electron chi connectivity index (χ1n) is 9.14. The summed E-state index contributed by atoms with van der Waals surface area (Å²) < 4.78 is 10.7. The molecule has 0 aliphatic carbocycles. The Hall–Kier alpha value is -3.47. The fraction of sp³-hybridized carbons (Fsp3) is 0.350. The van der Waals surface area contributed by atoms with Gasteiger partial charge in [0.1, 0.15) is 11.6 Å². The van der Waals surface area contributed by atoms with Crippen molar-refractivity contribution in [2.75, 3.05) is 25.2 Å². The van der Waals surface area contributed by atoms with Crippen molar-refractivity contribution in [3.63, 3.8) is 0 Å². The topological polar surface area (TPSA) is 107 Å². The molecule has 0 saturated carbocycles. The highest BCUT2D eigenvalue weighted by atomic mass is 16.7. The van der Waals surface area contributed by atoms with Gasteiger partial charge in [-0.2, -0.15) is 5.26 Å². The molecule has 2 aromatic rings. The van der Waals surface area contributed by atoms with E-state index >= 15 is 0 Å². The molecule has 1 aromatic carbocycles. The number of piperidine rings is 1. The van der Waals surface area contributed by atoms with Gasteiger partial charge in [0.2, 0.25) is 6.79 Å². The van der Waals surface area contributed by atoms with E-state index in [1.807, 2.05) is 24.3 Å². The zero-order valence-corrected chi connectivity index (χ0v) is 15.4. The Morgan fingerprint density at radius 1 is 1.32 bits per heavy atom. The van der Waals surface area contributed by atoms with Crippen molar-refractivity contribution in [2.45, 2.75) is 25.8 Å². The largest absolute Gasteiger partial charge is 0.454 e. The predicted molar refractivity (Wildman–Crippen MR) is 102 cm³/mol. The molecule has 0 spiro atoms. The average molecular weight is 380 g/mol. The number of rotatable bonds is 3. The van der Waals surface area contributed by atoms with Crippen LogP contribution >= 0.6 is 0 Å². The van der Waals surface area contributed by atoms with E-state index in [9.17, 15) is 9.59 Å². The minimum Gasteiger partial charge on any atom is -0.454 e. The molecule has 1 atom stereocenters. The molecule has 8 nitrogen and oxygen atoms in total. The fourth-order valence-electron chi connectivity index (χ4n) is 3.60. The van der Waals surface area contributed by atoms with Crippen LogP contribution in [0.3, 0.4) is 0 Å². The Morgan fingerprint density at radius 3 is 2.96 bits per heavy atom. The van der Waals surface area contributed by atoms with Crippen molar-refractivity contribution >= 4 is 11.6 Å². The average Bonchev–Trinajstić information content (AvgIpc) is 3.16. The highest BCUT2D eigenvalue weighted by Crippen LogP contribution is 2.34. The number of nitrogens with one attached hydrogen (secondary N) is 2. The summed E-state index contributed by atoms with van der Waals surface area (Å²) in [5.41, 5.74) is 1.22. The van der Waals surface area contributed by atoms with Gasteiger partial charge in [-0.15, -0.1) is 0 Å². The van der Waals surface area contributed by atoms with Gasteiger partial charge in [-0.3, -0.25) is 9.59 Å². The molecule has 2 N–H and O–H groups in total. The molecular weight excluding hydrogens is 360 g/mol. The second-order valence-electron chi connectivity index (χ2n) is 6.97. The molecule has 1 fully saturated rings. The quantitative estimate of drug-likeness (QED) is 0.843. The molecule has 1 amide bonds. The van der Waals surface area contributed by atoms with Gasteiger partial charge in [0.15, 0.2) is 11.5 Å². The summed E-state index contributed by atoms with van der Waals surface area (Å²) in [6.07, 6.45) is 1.80. The SMILES string of the molecule is Cc1[nH]c(=O)c(C#N)cc1C(=O)N1CCC[C@@H](Nc2ccc3c(c2)OCO3)C1. The van der Waals surface area contributed by atoms with Crippen LogP contribution in [-0.2, 0) is 0 Å². The normalized spacial score (nSPS) is 17.9. The van der Waals surface area contributed by atoms with Gasteiger partial charge < -0.3 is 24.7 Å². The molecule has 28 heavy (non-hydrogen) atoms. The summed E-state index contributed by atoms with van der Waals surface area (Å²) in [6.45, 7) is 3.07. The van der Waals surface area contributed by atoms with Crippen molar-refractivity contribution in [3.8, 4) is 17.6 Å². The number of likely N-dealkylation sites (tertiary alicyclic amines) is 1. The van der Waals surface area contributed by atoms with E-state index in [4.69, 9.17) is 14.7 Å². The summed E-state index contributed by atoms with van der Waals surface area (Å²) in [5, 5.41) is 12.5. The van der Waals surface area contributed by atoms with Crippen molar-refractivity contribution in [3.05, 3.63) is 51.4 Å². The maximum Gasteiger partial charge on any atom is 0.266 e. The van der Waals surface area contributed by atoms with Crippen LogP contribution in [0, 0.1) is 18.3 Å². The lowest BCUT2D eigenvalue weighted by Crippen LogP contribution is -2.45. The van der Waals surface area contributed by atoms with Crippen LogP contribution in [0.2, 0.25) is 0 Å². The van der Waals surface area contributed by atoms with E-state index in [0.717, 1.165) is 24.3 Å². The zero-order chi connectivity index (χ0) is 19.7. The van der Waals surface area contributed by atoms with E-state index in [2.05, 4.69) is 10.3 Å². The van der Waals surface area contributed by atoms with Crippen molar-refractivity contribution < 1.29 is 14.3 Å². The van der Waals surface area contributed by atoms with Crippen molar-refractivity contribution in [2.24, 2.45) is 0 Å². The lowest BCUT2D eigenvalue weighted by atomic mass is 10.0. The molecule has 3 heterocycles. The number of nitriles is 1. The highest BCUT2D eigenvalue weighted by Gasteiger charge is 2.26. The molecule has 2 aliphatic heterocycles. The molecule has 0 bridgehead atoms. The number of hydrogen-bond donors (Lipinski definition) is 2. The smallest absolute Gasteiger partial charge is 0.266 e. The second-order valence-corrected chi connectivity index (χ2v) is 6.97. The third-order valence-corrected chi connectivity index (χ3v) is 5.04. The van der Waals surface area contributed by atoms with Gasteiger partial charge in [-0.25, -0.2) is 0 Å². The number of H-pyrrole nitrogens is 1. The number of benzene rings is 1. The third-order valence-electron chi connectivity index (χ3n) is 5.04. The van der Waals surface area contributed by atoms with Gasteiger partial charge in [0.05, 0.1) is 5.56 Å². The van der Waals surface area contributed by atoms with Gasteiger partial charge >= 0.3 is 0 Å². The first-order chi connectivity index (χ1) is 13.5. The molecule has 1 saturated heterocycles. The predicted octanol–water partition coefficient (Wildman–Crippen LogP) is 2.00. The summed E-state index contributed by atoms with van der Waals surface area (Å²) in [4.78, 5) is 29.1. The van der Waals surface area contributed by atoms with Gasteiger partial charge in [0, 0.05) is 36.6 Å². The lowest BCUT2D eigenvalue weighted by Gasteiger charge is -2.34. The molecule has 0 unspecified atom stereocenters. The molecule has 4 rings (SSSR count). The van der Waals surface area contributed by atoms with Crippen LogP contribution < -0.4 is 20.3 Å². The second kappa shape index (κ2) is 7.27. The number of aromatic nitrogens is 1. The Kier molecular flexibility index (Phi) is 4.65. The minimum absolute atomic E-state index is 0.0546. The van der Waals surface area contributed by atoms with Gasteiger partial charge in [0.25, 0.3) is 11.5 Å². The van der Waals surface area contributed by atoms with Crippen LogP contribution in [0.4, 0.5) is 5.69 Å². The summed E-state index contributed by atoms with van der Waals surface area (Å²) in [5.74, 6) is 1.26. The molecule has 144 valence electrons. The molecular formula is C20H20N4O4. The monoisotopic (exact) mass is 380 g/mol. The third kappa shape index (κ3) is 3.39. The Bertz CT molecular complexity index is 1020. The van der Waals surface area contributed by atoms with Crippen molar-refractivity contribution in [1.82, 2.24) is 9.88 Å².